The van der Waals surface area contributed by atoms with Gasteiger partial charge in [-0.05, 0) is 36.8 Å². The fraction of sp³-hybridized carbons (Fsp3) is 0.211. The number of benzene rings is 2. The molecular weight excluding hydrogens is 397 g/mol. The highest BCUT2D eigenvalue weighted by Gasteiger charge is 2.14. The van der Waals surface area contributed by atoms with Gasteiger partial charge in [0.05, 0.1) is 18.6 Å². The predicted molar refractivity (Wildman–Crippen MR) is 108 cm³/mol. The summed E-state index contributed by atoms with van der Waals surface area (Å²) in [7, 11) is 1.57. The van der Waals surface area contributed by atoms with Crippen molar-refractivity contribution in [2.75, 3.05) is 24.0 Å². The van der Waals surface area contributed by atoms with Crippen molar-refractivity contribution in [1.82, 2.24) is 14.9 Å². The molecule has 1 amide bonds. The van der Waals surface area contributed by atoms with Gasteiger partial charge in [0, 0.05) is 6.07 Å². The van der Waals surface area contributed by atoms with Crippen molar-refractivity contribution in [3.05, 3.63) is 59.7 Å². The van der Waals surface area contributed by atoms with Crippen molar-refractivity contribution in [3.8, 4) is 11.5 Å². The van der Waals surface area contributed by atoms with E-state index in [0.29, 0.717) is 22.5 Å². The van der Waals surface area contributed by atoms with Crippen LogP contribution in [0.5, 0.6) is 11.5 Å². The average molecular weight is 417 g/mol. The van der Waals surface area contributed by atoms with Gasteiger partial charge in [0.1, 0.15) is 23.9 Å². The molecule has 2 aromatic carbocycles. The molecule has 0 spiro atoms. The van der Waals surface area contributed by atoms with E-state index < -0.39 is 5.82 Å². The molecule has 0 aliphatic rings. The molecule has 0 bridgehead atoms. The largest absolute Gasteiger partial charge is 0.497 e. The van der Waals surface area contributed by atoms with E-state index in [0.717, 1.165) is 17.3 Å². The van der Waals surface area contributed by atoms with E-state index in [1.165, 1.54) is 16.8 Å². The summed E-state index contributed by atoms with van der Waals surface area (Å²) in [4.78, 5) is 12.1. The topological polar surface area (TPSA) is 104 Å². The zero-order chi connectivity index (χ0) is 20.8. The van der Waals surface area contributed by atoms with Crippen LogP contribution in [0.1, 0.15) is 11.4 Å². The summed E-state index contributed by atoms with van der Waals surface area (Å²) < 4.78 is 25.9. The first-order chi connectivity index (χ1) is 14.0. The molecule has 0 aliphatic carbocycles. The number of nitrogens with two attached hydrogens (primary N) is 1. The highest BCUT2D eigenvalue weighted by Crippen LogP contribution is 2.21. The number of anilines is 1. The third-order valence-corrected chi connectivity index (χ3v) is 4.82. The molecule has 0 fully saturated rings. The Morgan fingerprint density at radius 1 is 1.24 bits per heavy atom. The summed E-state index contributed by atoms with van der Waals surface area (Å²) in [5.41, 5.74) is 0.901. The monoisotopic (exact) mass is 417 g/mol. The number of thioether (sulfide) groups is 1. The lowest BCUT2D eigenvalue weighted by Crippen LogP contribution is -2.18. The van der Waals surface area contributed by atoms with Crippen molar-refractivity contribution in [2.45, 2.75) is 18.7 Å². The first-order valence-electron chi connectivity index (χ1n) is 8.61. The molecule has 10 heteroatoms. The zero-order valence-electron chi connectivity index (χ0n) is 15.9. The minimum absolute atomic E-state index is 0.000604. The smallest absolute Gasteiger partial charge is 0.234 e. The van der Waals surface area contributed by atoms with Gasteiger partial charge in [-0.2, -0.15) is 0 Å². The van der Waals surface area contributed by atoms with Gasteiger partial charge >= 0.3 is 0 Å². The number of ether oxygens (including phenoxy) is 2. The number of nitrogens with zero attached hydrogens (tertiary/aromatic N) is 3. The molecule has 3 rings (SSSR count). The lowest BCUT2D eigenvalue weighted by Gasteiger charge is -2.08. The number of aryl methyl sites for hydroxylation is 1. The Labute approximate surface area is 171 Å². The SMILES string of the molecule is COc1cccc(OCc2nnc(SCC(=O)Nc3ccc(C)cc3F)n2N)c1. The van der Waals surface area contributed by atoms with Crippen LogP contribution < -0.4 is 20.6 Å². The number of carbonyl (C=O) groups excluding carboxylic acids is 1. The van der Waals surface area contributed by atoms with Gasteiger partial charge in [0.2, 0.25) is 11.1 Å². The quantitative estimate of drug-likeness (QED) is 0.429. The molecule has 3 aromatic rings. The summed E-state index contributed by atoms with van der Waals surface area (Å²) in [5.74, 6) is 6.77. The summed E-state index contributed by atoms with van der Waals surface area (Å²) in [6, 6.07) is 11.7. The fourth-order valence-electron chi connectivity index (χ4n) is 2.38. The zero-order valence-corrected chi connectivity index (χ0v) is 16.7. The van der Waals surface area contributed by atoms with Crippen LogP contribution in [0.4, 0.5) is 10.1 Å². The molecule has 0 unspecified atom stereocenters. The molecule has 0 saturated carbocycles. The Morgan fingerprint density at radius 3 is 2.79 bits per heavy atom. The number of amides is 1. The number of hydrogen-bond acceptors (Lipinski definition) is 7. The molecule has 3 N–H and O–H groups in total. The van der Waals surface area contributed by atoms with Gasteiger partial charge in [-0.25, -0.2) is 9.07 Å². The minimum Gasteiger partial charge on any atom is -0.497 e. The van der Waals surface area contributed by atoms with Crippen LogP contribution in [0.25, 0.3) is 0 Å². The highest BCUT2D eigenvalue weighted by molar-refractivity contribution is 7.99. The summed E-state index contributed by atoms with van der Waals surface area (Å²) in [5, 5.41) is 10.8. The summed E-state index contributed by atoms with van der Waals surface area (Å²) in [6.45, 7) is 1.87. The standard InChI is InChI=1S/C19H20FN5O3S/c1-12-6-7-16(15(20)8-12)22-18(26)11-29-19-24-23-17(25(19)21)10-28-14-5-3-4-13(9-14)27-2/h3-9H,10-11,21H2,1-2H3,(H,22,26). The number of aromatic nitrogens is 3. The van der Waals surface area contributed by atoms with Crippen molar-refractivity contribution >= 4 is 23.4 Å². The molecule has 0 atom stereocenters. The van der Waals surface area contributed by atoms with Gasteiger partial charge in [-0.15, -0.1) is 10.2 Å². The Balaban J connectivity index is 1.54. The second-order valence-electron chi connectivity index (χ2n) is 6.06. The number of rotatable bonds is 8. The van der Waals surface area contributed by atoms with Crippen molar-refractivity contribution in [1.29, 1.82) is 0 Å². The molecular formula is C19H20FN5O3S. The maximum absolute atomic E-state index is 13.8. The van der Waals surface area contributed by atoms with Gasteiger partial charge in [0.15, 0.2) is 5.82 Å². The van der Waals surface area contributed by atoms with Gasteiger partial charge in [-0.3, -0.25) is 4.79 Å². The molecule has 0 saturated heterocycles. The van der Waals surface area contributed by atoms with E-state index in [4.69, 9.17) is 15.3 Å². The Hall–Kier alpha value is -3.27. The molecule has 0 aliphatic heterocycles. The third kappa shape index (κ3) is 5.38. The first-order valence-corrected chi connectivity index (χ1v) is 9.60. The van der Waals surface area contributed by atoms with Crippen LogP contribution >= 0.6 is 11.8 Å². The van der Waals surface area contributed by atoms with E-state index in [-0.39, 0.29) is 24.0 Å². The van der Waals surface area contributed by atoms with Crippen LogP contribution in [-0.2, 0) is 11.4 Å². The highest BCUT2D eigenvalue weighted by atomic mass is 32.2. The van der Waals surface area contributed by atoms with Crippen molar-refractivity contribution in [3.63, 3.8) is 0 Å². The minimum atomic E-state index is -0.484. The molecule has 8 nitrogen and oxygen atoms in total. The Kier molecular flexibility index (Phi) is 6.55. The van der Waals surface area contributed by atoms with E-state index in [1.807, 2.05) is 0 Å². The molecule has 0 radical (unpaired) electrons. The summed E-state index contributed by atoms with van der Waals surface area (Å²) >= 11 is 1.09. The van der Waals surface area contributed by atoms with Crippen LogP contribution in [0.15, 0.2) is 47.6 Å². The van der Waals surface area contributed by atoms with E-state index >= 15 is 0 Å². The van der Waals surface area contributed by atoms with Gasteiger partial charge < -0.3 is 20.6 Å². The van der Waals surface area contributed by atoms with Crippen molar-refractivity contribution in [2.24, 2.45) is 0 Å². The molecule has 1 aromatic heterocycles. The van der Waals surface area contributed by atoms with E-state index in [1.54, 1.807) is 44.4 Å². The second-order valence-corrected chi connectivity index (χ2v) is 7.00. The Bertz CT molecular complexity index is 1010. The fourth-order valence-corrected chi connectivity index (χ4v) is 3.06. The van der Waals surface area contributed by atoms with Crippen LogP contribution in [0, 0.1) is 12.7 Å². The van der Waals surface area contributed by atoms with Crippen molar-refractivity contribution < 1.29 is 18.7 Å². The molecule has 152 valence electrons. The number of nitrogens with one attached hydrogen (secondary N) is 1. The normalized spacial score (nSPS) is 10.6. The van der Waals surface area contributed by atoms with Gasteiger partial charge in [0.25, 0.3) is 0 Å². The number of nitrogen functional groups attached to an aromatic ring is 1. The van der Waals surface area contributed by atoms with E-state index in [2.05, 4.69) is 15.5 Å². The lowest BCUT2D eigenvalue weighted by molar-refractivity contribution is -0.113. The first kappa shape index (κ1) is 20.5. The Morgan fingerprint density at radius 2 is 2.03 bits per heavy atom. The number of halogens is 1. The number of carbonyl (C=O) groups is 1. The molecule has 29 heavy (non-hydrogen) atoms. The average Bonchev–Trinajstić information content (AvgIpc) is 3.06. The third-order valence-electron chi connectivity index (χ3n) is 3.88. The maximum Gasteiger partial charge on any atom is 0.234 e. The van der Waals surface area contributed by atoms with Crippen LogP contribution in [-0.4, -0.2) is 33.6 Å². The summed E-state index contributed by atoms with van der Waals surface area (Å²) in [6.07, 6.45) is 0. The number of hydrogen-bond donors (Lipinski definition) is 2. The lowest BCUT2D eigenvalue weighted by atomic mass is 10.2. The second kappa shape index (κ2) is 9.28. The maximum atomic E-state index is 13.8. The number of methoxy groups -OCH3 is 1. The van der Waals surface area contributed by atoms with Crippen LogP contribution in [0.2, 0.25) is 0 Å². The van der Waals surface area contributed by atoms with Crippen LogP contribution in [0.3, 0.4) is 0 Å². The van der Waals surface area contributed by atoms with E-state index in [9.17, 15) is 9.18 Å². The van der Waals surface area contributed by atoms with Gasteiger partial charge in [-0.1, -0.05) is 23.9 Å². The molecule has 1 heterocycles. The predicted octanol–water partition coefficient (Wildman–Crippen LogP) is 2.76.